The largest absolute Gasteiger partial charge is 0.439 e. The van der Waals surface area contributed by atoms with Crippen molar-refractivity contribution in [3.63, 3.8) is 0 Å². The number of hydrogen-bond donors (Lipinski definition) is 0. The number of oxime groups is 1. The lowest BCUT2D eigenvalue weighted by molar-refractivity contribution is 0.305. The molecule has 0 aliphatic carbocycles. The van der Waals surface area contributed by atoms with Crippen LogP contribution in [0.5, 0.6) is 17.6 Å². The summed E-state index contributed by atoms with van der Waals surface area (Å²) >= 11 is 0. The highest BCUT2D eigenvalue weighted by Crippen LogP contribution is 2.21. The number of aryl methyl sites for hydroxylation is 1. The fraction of sp³-hybridized carbons (Fsp3) is 0.214. The number of hydrogen-bond acceptors (Lipinski definition) is 5. The van der Waals surface area contributed by atoms with E-state index in [2.05, 4.69) is 15.1 Å². The topological polar surface area (TPSA) is 56.6 Å². The first kappa shape index (κ1) is 13.0. The van der Waals surface area contributed by atoms with E-state index in [0.717, 1.165) is 11.4 Å². The van der Waals surface area contributed by atoms with E-state index in [1.54, 1.807) is 6.07 Å². The molecule has 5 nitrogen and oxygen atoms in total. The highest BCUT2D eigenvalue weighted by Gasteiger charge is 2.05. The van der Waals surface area contributed by atoms with Crippen LogP contribution in [0.15, 0.2) is 41.6 Å². The van der Waals surface area contributed by atoms with Gasteiger partial charge in [-0.1, -0.05) is 23.4 Å². The summed E-state index contributed by atoms with van der Waals surface area (Å²) in [6.07, 6.45) is 0. The predicted molar refractivity (Wildman–Crippen MR) is 72.7 cm³/mol. The highest BCUT2D eigenvalue weighted by molar-refractivity contribution is 5.78. The van der Waals surface area contributed by atoms with Gasteiger partial charge in [0.2, 0.25) is 5.88 Å². The zero-order valence-electron chi connectivity index (χ0n) is 11.1. The summed E-state index contributed by atoms with van der Waals surface area (Å²) in [5, 5.41) is 3.82. The van der Waals surface area contributed by atoms with Gasteiger partial charge in [0, 0.05) is 11.8 Å². The van der Waals surface area contributed by atoms with E-state index in [1.165, 1.54) is 0 Å². The maximum atomic E-state index is 5.63. The second kappa shape index (κ2) is 5.95. The van der Waals surface area contributed by atoms with Crippen molar-refractivity contribution in [3.8, 4) is 17.6 Å². The zero-order valence-corrected chi connectivity index (χ0v) is 11.1. The monoisotopic (exact) mass is 257 g/mol. The van der Waals surface area contributed by atoms with Crippen LogP contribution in [0.4, 0.5) is 0 Å². The third-order valence-corrected chi connectivity index (χ3v) is 2.09. The Balaban J connectivity index is 2.19. The minimum Gasteiger partial charge on any atom is -0.439 e. The summed E-state index contributed by atoms with van der Waals surface area (Å²) in [7, 11) is 0. The first-order valence-electron chi connectivity index (χ1n) is 5.90. The van der Waals surface area contributed by atoms with Gasteiger partial charge < -0.3 is 9.57 Å². The second-order valence-electron chi connectivity index (χ2n) is 4.18. The average molecular weight is 257 g/mol. The van der Waals surface area contributed by atoms with Gasteiger partial charge in [0.25, 0.3) is 0 Å². The van der Waals surface area contributed by atoms with E-state index < -0.39 is 0 Å². The van der Waals surface area contributed by atoms with Crippen molar-refractivity contribution < 1.29 is 9.57 Å². The van der Waals surface area contributed by atoms with Gasteiger partial charge in [0.15, 0.2) is 0 Å². The summed E-state index contributed by atoms with van der Waals surface area (Å²) in [5.74, 6) is 1.14. The van der Waals surface area contributed by atoms with Gasteiger partial charge in [0.05, 0.1) is 5.71 Å². The smallest absolute Gasteiger partial charge is 0.349 e. The summed E-state index contributed by atoms with van der Waals surface area (Å²) in [6, 6.07) is 11.3. The number of benzene rings is 1. The standard InChI is InChI=1S/C14H15N3O2/c1-10(2)17-19-14-15-11(3)9-13(16-14)18-12-7-5-4-6-8-12/h4-9H,1-3H3. The number of rotatable bonds is 4. The molecule has 0 unspecified atom stereocenters. The van der Waals surface area contributed by atoms with Gasteiger partial charge in [0.1, 0.15) is 5.75 Å². The summed E-state index contributed by atoms with van der Waals surface area (Å²) in [4.78, 5) is 13.4. The van der Waals surface area contributed by atoms with Gasteiger partial charge >= 0.3 is 6.01 Å². The van der Waals surface area contributed by atoms with Crippen LogP contribution in [0.2, 0.25) is 0 Å². The van der Waals surface area contributed by atoms with Crippen LogP contribution in [0.3, 0.4) is 0 Å². The van der Waals surface area contributed by atoms with Crippen molar-refractivity contribution in [2.24, 2.45) is 5.16 Å². The lowest BCUT2D eigenvalue weighted by atomic mass is 10.3. The molecular weight excluding hydrogens is 242 g/mol. The molecule has 0 spiro atoms. The number of nitrogens with zero attached hydrogens (tertiary/aromatic N) is 3. The molecule has 0 atom stereocenters. The molecule has 0 bridgehead atoms. The second-order valence-corrected chi connectivity index (χ2v) is 4.18. The molecule has 0 amide bonds. The Morgan fingerprint density at radius 2 is 1.84 bits per heavy atom. The predicted octanol–water partition coefficient (Wildman–Crippen LogP) is 3.35. The Hall–Kier alpha value is -2.43. The molecule has 0 N–H and O–H groups in total. The fourth-order valence-electron chi connectivity index (χ4n) is 1.35. The molecular formula is C14H15N3O2. The molecule has 0 radical (unpaired) electrons. The lowest BCUT2D eigenvalue weighted by Crippen LogP contribution is -1.98. The Kier molecular flexibility index (Phi) is 4.07. The summed E-state index contributed by atoms with van der Waals surface area (Å²) < 4.78 is 5.63. The Labute approximate surface area is 111 Å². The molecule has 0 aliphatic heterocycles. The van der Waals surface area contributed by atoms with Crippen LogP contribution in [0.1, 0.15) is 19.5 Å². The normalized spacial score (nSPS) is 9.84. The van der Waals surface area contributed by atoms with Gasteiger partial charge in [-0.15, -0.1) is 0 Å². The fourth-order valence-corrected chi connectivity index (χ4v) is 1.35. The minimum atomic E-state index is 0.173. The van der Waals surface area contributed by atoms with Crippen molar-refractivity contribution >= 4 is 5.71 Å². The lowest BCUT2D eigenvalue weighted by Gasteiger charge is -2.06. The quantitative estimate of drug-likeness (QED) is 0.622. The van der Waals surface area contributed by atoms with Crippen molar-refractivity contribution in [2.75, 3.05) is 0 Å². The first-order chi connectivity index (χ1) is 9.13. The van der Waals surface area contributed by atoms with E-state index in [0.29, 0.717) is 11.6 Å². The van der Waals surface area contributed by atoms with E-state index in [-0.39, 0.29) is 6.01 Å². The van der Waals surface area contributed by atoms with Gasteiger partial charge in [-0.3, -0.25) is 0 Å². The molecule has 0 saturated heterocycles. The molecule has 2 rings (SSSR count). The first-order valence-corrected chi connectivity index (χ1v) is 5.90. The van der Waals surface area contributed by atoms with Gasteiger partial charge in [-0.2, -0.15) is 9.97 Å². The van der Waals surface area contributed by atoms with Crippen LogP contribution in [-0.2, 0) is 0 Å². The SMILES string of the molecule is CC(C)=NOc1nc(C)cc(Oc2ccccc2)n1. The van der Waals surface area contributed by atoms with Crippen molar-refractivity contribution in [3.05, 3.63) is 42.1 Å². The number of aromatic nitrogens is 2. The molecule has 0 aliphatic rings. The van der Waals surface area contributed by atoms with E-state index in [1.807, 2.05) is 51.1 Å². The molecule has 1 heterocycles. The summed E-state index contributed by atoms with van der Waals surface area (Å²) in [6.45, 7) is 5.50. The van der Waals surface area contributed by atoms with E-state index in [9.17, 15) is 0 Å². The maximum absolute atomic E-state index is 5.63. The van der Waals surface area contributed by atoms with E-state index in [4.69, 9.17) is 9.57 Å². The third-order valence-electron chi connectivity index (χ3n) is 2.09. The molecule has 19 heavy (non-hydrogen) atoms. The number of para-hydroxylation sites is 1. The van der Waals surface area contributed by atoms with Crippen LogP contribution < -0.4 is 9.57 Å². The molecule has 98 valence electrons. The van der Waals surface area contributed by atoms with Gasteiger partial charge in [-0.25, -0.2) is 0 Å². The zero-order chi connectivity index (χ0) is 13.7. The van der Waals surface area contributed by atoms with Crippen LogP contribution >= 0.6 is 0 Å². The molecule has 1 aromatic carbocycles. The van der Waals surface area contributed by atoms with Gasteiger partial charge in [-0.05, 0) is 32.9 Å². The van der Waals surface area contributed by atoms with Crippen LogP contribution in [-0.4, -0.2) is 15.7 Å². The summed E-state index contributed by atoms with van der Waals surface area (Å²) in [5.41, 5.74) is 1.54. The number of ether oxygens (including phenoxy) is 1. The Morgan fingerprint density at radius 3 is 2.53 bits per heavy atom. The van der Waals surface area contributed by atoms with E-state index >= 15 is 0 Å². The van der Waals surface area contributed by atoms with Crippen molar-refractivity contribution in [1.29, 1.82) is 0 Å². The molecule has 1 aromatic heterocycles. The Bertz CT molecular complexity index is 578. The average Bonchev–Trinajstić information content (AvgIpc) is 2.37. The highest BCUT2D eigenvalue weighted by atomic mass is 16.6. The van der Waals surface area contributed by atoms with Crippen molar-refractivity contribution in [2.45, 2.75) is 20.8 Å². The maximum Gasteiger partial charge on any atom is 0.349 e. The molecule has 2 aromatic rings. The van der Waals surface area contributed by atoms with Crippen molar-refractivity contribution in [1.82, 2.24) is 9.97 Å². The Morgan fingerprint density at radius 1 is 1.11 bits per heavy atom. The molecule has 5 heteroatoms. The molecule has 0 fully saturated rings. The van der Waals surface area contributed by atoms with Crippen LogP contribution in [0, 0.1) is 6.92 Å². The minimum absolute atomic E-state index is 0.173. The third kappa shape index (κ3) is 4.06. The van der Waals surface area contributed by atoms with Crippen LogP contribution in [0.25, 0.3) is 0 Å². The molecule has 0 saturated carbocycles.